The molecule has 1 saturated heterocycles. The van der Waals surface area contributed by atoms with Gasteiger partial charge in [-0.15, -0.1) is 11.3 Å². The fraction of sp³-hybridized carbons (Fsp3) is 0.350. The third kappa shape index (κ3) is 4.23. The number of aromatic nitrogens is 3. The second-order valence-corrected chi connectivity index (χ2v) is 7.59. The van der Waals surface area contributed by atoms with Crippen LogP contribution in [-0.4, -0.2) is 52.4 Å². The zero-order chi connectivity index (χ0) is 19.3. The molecular formula is C20H24N6OS. The van der Waals surface area contributed by atoms with E-state index in [1.807, 2.05) is 44.7 Å². The van der Waals surface area contributed by atoms with Gasteiger partial charge in [0.1, 0.15) is 11.1 Å². The van der Waals surface area contributed by atoms with Gasteiger partial charge in [-0.3, -0.25) is 9.67 Å². The fourth-order valence-corrected chi connectivity index (χ4v) is 4.01. The first kappa shape index (κ1) is 18.6. The lowest BCUT2D eigenvalue weighted by Crippen LogP contribution is -2.47. The molecular weight excluding hydrogens is 372 g/mol. The van der Waals surface area contributed by atoms with Crippen molar-refractivity contribution in [3.05, 3.63) is 58.7 Å². The molecule has 8 heteroatoms. The van der Waals surface area contributed by atoms with Gasteiger partial charge in [-0.25, -0.2) is 4.98 Å². The molecule has 1 aliphatic heterocycles. The fourth-order valence-electron chi connectivity index (χ4n) is 3.27. The third-order valence-electron chi connectivity index (χ3n) is 4.69. The number of nitrogens with zero attached hydrogens (tertiary/aromatic N) is 5. The van der Waals surface area contributed by atoms with Gasteiger partial charge in [0, 0.05) is 43.3 Å². The lowest BCUT2D eigenvalue weighted by molar-refractivity contribution is -0.00805. The summed E-state index contributed by atoms with van der Waals surface area (Å²) in [5.74, 6) is 0.869. The monoisotopic (exact) mass is 396 g/mol. The van der Waals surface area contributed by atoms with Gasteiger partial charge in [0.15, 0.2) is 5.96 Å². The number of thiazole rings is 1. The van der Waals surface area contributed by atoms with Crippen molar-refractivity contribution in [2.75, 3.05) is 26.7 Å². The molecule has 1 N–H and O–H groups in total. The molecule has 7 nitrogen and oxygen atoms in total. The minimum atomic E-state index is 0.00514. The Labute approximate surface area is 168 Å². The van der Waals surface area contributed by atoms with Crippen molar-refractivity contribution < 1.29 is 4.74 Å². The van der Waals surface area contributed by atoms with E-state index in [1.165, 1.54) is 0 Å². The van der Waals surface area contributed by atoms with Crippen LogP contribution in [0.1, 0.15) is 16.7 Å². The highest BCUT2D eigenvalue weighted by atomic mass is 32.1. The summed E-state index contributed by atoms with van der Waals surface area (Å²) in [5, 5.41) is 10.8. The minimum absolute atomic E-state index is 0.00514. The van der Waals surface area contributed by atoms with Gasteiger partial charge >= 0.3 is 0 Å². The van der Waals surface area contributed by atoms with E-state index in [9.17, 15) is 0 Å². The zero-order valence-corrected chi connectivity index (χ0v) is 16.9. The number of hydrogen-bond acceptors (Lipinski definition) is 5. The Kier molecular flexibility index (Phi) is 5.68. The molecule has 4 rings (SSSR count). The lowest BCUT2D eigenvalue weighted by atomic mass is 10.1. The number of hydrogen-bond donors (Lipinski definition) is 1. The van der Waals surface area contributed by atoms with Gasteiger partial charge in [0.2, 0.25) is 0 Å². The highest BCUT2D eigenvalue weighted by Crippen LogP contribution is 2.23. The van der Waals surface area contributed by atoms with Crippen LogP contribution in [-0.2, 0) is 18.3 Å². The molecule has 1 aromatic carbocycles. The number of nitrogens with one attached hydrogen (secondary N) is 1. The number of aliphatic imine (C=N–C) groups is 1. The van der Waals surface area contributed by atoms with Crippen LogP contribution in [0.15, 0.2) is 53.1 Å². The zero-order valence-electron chi connectivity index (χ0n) is 16.1. The van der Waals surface area contributed by atoms with Crippen LogP contribution in [0, 0.1) is 0 Å². The molecule has 1 unspecified atom stereocenters. The Morgan fingerprint density at radius 3 is 2.96 bits per heavy atom. The second kappa shape index (κ2) is 8.53. The molecule has 3 heterocycles. The van der Waals surface area contributed by atoms with Gasteiger partial charge in [-0.1, -0.05) is 30.3 Å². The number of guanidine groups is 1. The molecule has 2 aromatic heterocycles. The smallest absolute Gasteiger partial charge is 0.194 e. The predicted molar refractivity (Wildman–Crippen MR) is 111 cm³/mol. The maximum absolute atomic E-state index is 5.93. The van der Waals surface area contributed by atoms with Crippen LogP contribution < -0.4 is 5.32 Å². The Morgan fingerprint density at radius 1 is 1.36 bits per heavy atom. The molecule has 3 aromatic rings. The highest BCUT2D eigenvalue weighted by molar-refractivity contribution is 7.09. The van der Waals surface area contributed by atoms with Crippen molar-refractivity contribution in [1.29, 1.82) is 0 Å². The quantitative estimate of drug-likeness (QED) is 0.543. The van der Waals surface area contributed by atoms with E-state index in [4.69, 9.17) is 9.72 Å². The largest absolute Gasteiger partial charge is 0.370 e. The molecule has 1 aliphatic rings. The van der Waals surface area contributed by atoms with E-state index in [1.54, 1.807) is 16.0 Å². The molecule has 28 heavy (non-hydrogen) atoms. The van der Waals surface area contributed by atoms with Crippen molar-refractivity contribution >= 4 is 17.3 Å². The predicted octanol–water partition coefficient (Wildman–Crippen LogP) is 2.69. The van der Waals surface area contributed by atoms with Crippen LogP contribution in [0.2, 0.25) is 0 Å². The molecule has 0 bridgehead atoms. The summed E-state index contributed by atoms with van der Waals surface area (Å²) in [6.07, 6.45) is 3.88. The number of ether oxygens (including phenoxy) is 1. The first-order valence-corrected chi connectivity index (χ1v) is 10.2. The molecule has 1 fully saturated rings. The number of rotatable bonds is 4. The van der Waals surface area contributed by atoms with Crippen molar-refractivity contribution in [3.8, 4) is 11.3 Å². The molecule has 146 valence electrons. The molecule has 0 aliphatic carbocycles. The summed E-state index contributed by atoms with van der Waals surface area (Å²) in [7, 11) is 3.73. The summed E-state index contributed by atoms with van der Waals surface area (Å²) >= 11 is 1.66. The summed E-state index contributed by atoms with van der Waals surface area (Å²) < 4.78 is 7.73. The van der Waals surface area contributed by atoms with Gasteiger partial charge < -0.3 is 15.0 Å². The SMILES string of the molecule is CN=C(NCc1nc(-c2ccccc2)cs1)N1CCOC(c2cnn(C)c2)C1. The van der Waals surface area contributed by atoms with E-state index in [0.717, 1.165) is 40.9 Å². The van der Waals surface area contributed by atoms with Crippen molar-refractivity contribution in [3.63, 3.8) is 0 Å². The van der Waals surface area contributed by atoms with Crippen LogP contribution in [0.25, 0.3) is 11.3 Å². The van der Waals surface area contributed by atoms with Crippen LogP contribution in [0.4, 0.5) is 0 Å². The summed E-state index contributed by atoms with van der Waals surface area (Å²) in [5.41, 5.74) is 3.25. The molecule has 0 radical (unpaired) electrons. The van der Waals surface area contributed by atoms with E-state index in [0.29, 0.717) is 13.2 Å². The number of morpholine rings is 1. The normalized spacial score (nSPS) is 17.7. The van der Waals surface area contributed by atoms with Crippen LogP contribution >= 0.6 is 11.3 Å². The van der Waals surface area contributed by atoms with E-state index >= 15 is 0 Å². The van der Waals surface area contributed by atoms with Crippen molar-refractivity contribution in [2.45, 2.75) is 12.6 Å². The Bertz CT molecular complexity index is 935. The Morgan fingerprint density at radius 2 is 2.21 bits per heavy atom. The van der Waals surface area contributed by atoms with Gasteiger partial charge in [0.25, 0.3) is 0 Å². The molecule has 0 spiro atoms. The molecule has 1 atom stereocenters. The number of benzene rings is 1. The van der Waals surface area contributed by atoms with E-state index < -0.39 is 0 Å². The average Bonchev–Trinajstić information content (AvgIpc) is 3.39. The summed E-state index contributed by atoms with van der Waals surface area (Å²) in [6, 6.07) is 10.2. The van der Waals surface area contributed by atoms with E-state index in [2.05, 4.69) is 37.8 Å². The Balaban J connectivity index is 1.38. The van der Waals surface area contributed by atoms with Crippen molar-refractivity contribution in [2.24, 2.45) is 12.0 Å². The first-order chi connectivity index (χ1) is 13.7. The van der Waals surface area contributed by atoms with Crippen LogP contribution in [0.3, 0.4) is 0 Å². The van der Waals surface area contributed by atoms with Gasteiger partial charge in [0.05, 0.1) is 31.6 Å². The second-order valence-electron chi connectivity index (χ2n) is 6.65. The molecule has 0 amide bonds. The third-order valence-corrected chi connectivity index (χ3v) is 5.54. The first-order valence-electron chi connectivity index (χ1n) is 9.28. The summed E-state index contributed by atoms with van der Waals surface area (Å²) in [6.45, 7) is 2.87. The average molecular weight is 397 g/mol. The standard InChI is InChI=1S/C20H24N6OS/c1-21-20(26-8-9-27-18(13-26)16-10-23-25(2)12-16)22-11-19-24-17(14-28-19)15-6-4-3-5-7-15/h3-7,10,12,14,18H,8-9,11,13H2,1-2H3,(H,21,22). The number of aryl methyl sites for hydroxylation is 1. The van der Waals surface area contributed by atoms with Gasteiger partial charge in [-0.05, 0) is 0 Å². The minimum Gasteiger partial charge on any atom is -0.370 e. The Hall–Kier alpha value is -2.71. The summed E-state index contributed by atoms with van der Waals surface area (Å²) in [4.78, 5) is 11.4. The van der Waals surface area contributed by atoms with Crippen molar-refractivity contribution in [1.82, 2.24) is 25.0 Å². The molecule has 0 saturated carbocycles. The maximum Gasteiger partial charge on any atom is 0.194 e. The topological polar surface area (TPSA) is 67.6 Å². The van der Waals surface area contributed by atoms with E-state index in [-0.39, 0.29) is 6.10 Å². The maximum atomic E-state index is 5.93. The van der Waals surface area contributed by atoms with Gasteiger partial charge in [-0.2, -0.15) is 5.10 Å². The lowest BCUT2D eigenvalue weighted by Gasteiger charge is -2.34. The highest BCUT2D eigenvalue weighted by Gasteiger charge is 2.25. The van der Waals surface area contributed by atoms with Crippen LogP contribution in [0.5, 0.6) is 0 Å².